The van der Waals surface area contributed by atoms with Crippen LogP contribution in [0.2, 0.25) is 0 Å². The highest BCUT2D eigenvalue weighted by molar-refractivity contribution is 5.78. The first-order valence-electron chi connectivity index (χ1n) is 6.40. The molecule has 0 radical (unpaired) electrons. The highest BCUT2D eigenvalue weighted by Gasteiger charge is 2.03. The SMILES string of the molecule is Cc1cccc(CC(=O)NCCCc2ncn[nH]2)c1. The number of aryl methyl sites for hydroxylation is 2. The Kier molecular flexibility index (Phi) is 4.66. The van der Waals surface area contributed by atoms with E-state index in [4.69, 9.17) is 0 Å². The average molecular weight is 258 g/mol. The number of hydrogen-bond acceptors (Lipinski definition) is 3. The van der Waals surface area contributed by atoms with Crippen LogP contribution in [0.25, 0.3) is 0 Å². The Labute approximate surface area is 112 Å². The van der Waals surface area contributed by atoms with Crippen molar-refractivity contribution in [1.29, 1.82) is 0 Å². The molecule has 5 heteroatoms. The Hall–Kier alpha value is -2.17. The van der Waals surface area contributed by atoms with Crippen molar-refractivity contribution in [3.8, 4) is 0 Å². The Bertz CT molecular complexity index is 522. The number of hydrogen-bond donors (Lipinski definition) is 2. The summed E-state index contributed by atoms with van der Waals surface area (Å²) in [4.78, 5) is 15.8. The molecule has 0 saturated heterocycles. The molecule has 0 fully saturated rings. The number of carbonyl (C=O) groups excluding carboxylic acids is 1. The summed E-state index contributed by atoms with van der Waals surface area (Å²) < 4.78 is 0. The van der Waals surface area contributed by atoms with Gasteiger partial charge in [0.15, 0.2) is 0 Å². The Balaban J connectivity index is 1.67. The van der Waals surface area contributed by atoms with E-state index >= 15 is 0 Å². The zero-order chi connectivity index (χ0) is 13.5. The van der Waals surface area contributed by atoms with Crippen LogP contribution in [-0.2, 0) is 17.6 Å². The molecule has 0 saturated carbocycles. The Morgan fingerprint density at radius 3 is 3.05 bits per heavy atom. The number of rotatable bonds is 6. The maximum absolute atomic E-state index is 11.7. The fraction of sp³-hybridized carbons (Fsp3) is 0.357. The quantitative estimate of drug-likeness (QED) is 0.769. The predicted molar refractivity (Wildman–Crippen MR) is 72.6 cm³/mol. The molecule has 2 aromatic rings. The van der Waals surface area contributed by atoms with Crippen LogP contribution in [0, 0.1) is 6.92 Å². The number of amides is 1. The van der Waals surface area contributed by atoms with Gasteiger partial charge in [-0.3, -0.25) is 9.89 Å². The summed E-state index contributed by atoms with van der Waals surface area (Å²) in [5.41, 5.74) is 2.23. The Morgan fingerprint density at radius 2 is 2.32 bits per heavy atom. The van der Waals surface area contributed by atoms with Gasteiger partial charge in [-0.15, -0.1) is 0 Å². The van der Waals surface area contributed by atoms with Gasteiger partial charge < -0.3 is 5.32 Å². The van der Waals surface area contributed by atoms with Crippen molar-refractivity contribution >= 4 is 5.91 Å². The third-order valence-electron chi connectivity index (χ3n) is 2.82. The van der Waals surface area contributed by atoms with E-state index in [2.05, 4.69) is 20.5 Å². The van der Waals surface area contributed by atoms with Crippen LogP contribution in [0.15, 0.2) is 30.6 Å². The molecule has 0 spiro atoms. The van der Waals surface area contributed by atoms with Gasteiger partial charge in [-0.05, 0) is 18.9 Å². The monoisotopic (exact) mass is 258 g/mol. The summed E-state index contributed by atoms with van der Waals surface area (Å²) in [6.45, 7) is 2.68. The number of carbonyl (C=O) groups is 1. The standard InChI is InChI=1S/C14H18N4O/c1-11-4-2-5-12(8-11)9-14(19)15-7-3-6-13-16-10-17-18-13/h2,4-5,8,10H,3,6-7,9H2,1H3,(H,15,19)(H,16,17,18). The molecule has 1 aromatic carbocycles. The second kappa shape index (κ2) is 6.68. The second-order valence-electron chi connectivity index (χ2n) is 4.55. The molecule has 0 unspecified atom stereocenters. The maximum atomic E-state index is 11.7. The van der Waals surface area contributed by atoms with Gasteiger partial charge in [-0.1, -0.05) is 29.8 Å². The van der Waals surface area contributed by atoms with Crippen molar-refractivity contribution < 1.29 is 4.79 Å². The third-order valence-corrected chi connectivity index (χ3v) is 2.82. The van der Waals surface area contributed by atoms with E-state index in [0.29, 0.717) is 13.0 Å². The van der Waals surface area contributed by atoms with Crippen molar-refractivity contribution in [3.63, 3.8) is 0 Å². The van der Waals surface area contributed by atoms with Crippen molar-refractivity contribution in [3.05, 3.63) is 47.5 Å². The lowest BCUT2D eigenvalue weighted by atomic mass is 10.1. The highest BCUT2D eigenvalue weighted by Crippen LogP contribution is 2.04. The zero-order valence-electron chi connectivity index (χ0n) is 11.0. The number of aromatic nitrogens is 3. The molecule has 1 heterocycles. The van der Waals surface area contributed by atoms with Gasteiger partial charge in [0.25, 0.3) is 0 Å². The third kappa shape index (κ3) is 4.54. The van der Waals surface area contributed by atoms with E-state index in [-0.39, 0.29) is 5.91 Å². The topological polar surface area (TPSA) is 70.7 Å². The fourth-order valence-electron chi connectivity index (χ4n) is 1.90. The van der Waals surface area contributed by atoms with Crippen molar-refractivity contribution in [1.82, 2.24) is 20.5 Å². The molecule has 2 N–H and O–H groups in total. The van der Waals surface area contributed by atoms with E-state index in [1.54, 1.807) is 0 Å². The first kappa shape index (κ1) is 13.3. The van der Waals surface area contributed by atoms with Gasteiger partial charge >= 0.3 is 0 Å². The number of aromatic amines is 1. The van der Waals surface area contributed by atoms with Crippen LogP contribution in [-0.4, -0.2) is 27.6 Å². The van der Waals surface area contributed by atoms with Gasteiger partial charge in [0.05, 0.1) is 6.42 Å². The summed E-state index contributed by atoms with van der Waals surface area (Å²) in [7, 11) is 0. The lowest BCUT2D eigenvalue weighted by molar-refractivity contribution is -0.120. The van der Waals surface area contributed by atoms with Gasteiger partial charge in [0.1, 0.15) is 12.2 Å². The molecule has 1 amide bonds. The van der Waals surface area contributed by atoms with E-state index in [1.807, 2.05) is 31.2 Å². The molecule has 0 atom stereocenters. The molecule has 5 nitrogen and oxygen atoms in total. The molecule has 0 aliphatic carbocycles. The smallest absolute Gasteiger partial charge is 0.224 e. The summed E-state index contributed by atoms with van der Waals surface area (Å²) >= 11 is 0. The van der Waals surface area contributed by atoms with E-state index in [0.717, 1.165) is 24.2 Å². The molecule has 0 aliphatic heterocycles. The van der Waals surface area contributed by atoms with Gasteiger partial charge in [0.2, 0.25) is 5.91 Å². The van der Waals surface area contributed by atoms with Crippen LogP contribution in [0.5, 0.6) is 0 Å². The Morgan fingerprint density at radius 1 is 1.42 bits per heavy atom. The number of benzene rings is 1. The predicted octanol–water partition coefficient (Wildman–Crippen LogP) is 1.40. The largest absolute Gasteiger partial charge is 0.356 e. The van der Waals surface area contributed by atoms with E-state index in [9.17, 15) is 4.79 Å². The van der Waals surface area contributed by atoms with Gasteiger partial charge in [0, 0.05) is 13.0 Å². The van der Waals surface area contributed by atoms with Gasteiger partial charge in [-0.25, -0.2) is 4.98 Å². The summed E-state index contributed by atoms with van der Waals surface area (Å²) in [5, 5.41) is 9.49. The van der Waals surface area contributed by atoms with Crippen LogP contribution in [0.3, 0.4) is 0 Å². The van der Waals surface area contributed by atoms with Crippen molar-refractivity contribution in [2.45, 2.75) is 26.2 Å². The number of H-pyrrole nitrogens is 1. The molecule has 0 aliphatic rings. The first-order valence-corrected chi connectivity index (χ1v) is 6.40. The summed E-state index contributed by atoms with van der Waals surface area (Å²) in [5.74, 6) is 0.913. The van der Waals surface area contributed by atoms with Crippen LogP contribution in [0.1, 0.15) is 23.4 Å². The van der Waals surface area contributed by atoms with Crippen LogP contribution < -0.4 is 5.32 Å². The van der Waals surface area contributed by atoms with E-state index in [1.165, 1.54) is 11.9 Å². The molecule has 19 heavy (non-hydrogen) atoms. The maximum Gasteiger partial charge on any atom is 0.224 e. The average Bonchev–Trinajstić information content (AvgIpc) is 2.88. The number of nitrogens with zero attached hydrogens (tertiary/aromatic N) is 2. The number of nitrogens with one attached hydrogen (secondary N) is 2. The molecular formula is C14H18N4O. The minimum atomic E-state index is 0.0585. The molecule has 0 bridgehead atoms. The van der Waals surface area contributed by atoms with Crippen LogP contribution >= 0.6 is 0 Å². The summed E-state index contributed by atoms with van der Waals surface area (Å²) in [6, 6.07) is 8.01. The minimum Gasteiger partial charge on any atom is -0.356 e. The lowest BCUT2D eigenvalue weighted by Gasteiger charge is -2.05. The summed E-state index contributed by atoms with van der Waals surface area (Å²) in [6.07, 6.45) is 3.58. The molecule has 2 rings (SSSR count). The zero-order valence-corrected chi connectivity index (χ0v) is 11.0. The van der Waals surface area contributed by atoms with Crippen molar-refractivity contribution in [2.75, 3.05) is 6.54 Å². The van der Waals surface area contributed by atoms with Crippen LogP contribution in [0.4, 0.5) is 0 Å². The van der Waals surface area contributed by atoms with Crippen molar-refractivity contribution in [2.24, 2.45) is 0 Å². The second-order valence-corrected chi connectivity index (χ2v) is 4.55. The molecular weight excluding hydrogens is 240 g/mol. The van der Waals surface area contributed by atoms with Gasteiger partial charge in [-0.2, -0.15) is 5.10 Å². The fourth-order valence-corrected chi connectivity index (χ4v) is 1.90. The normalized spacial score (nSPS) is 10.4. The lowest BCUT2D eigenvalue weighted by Crippen LogP contribution is -2.26. The van der Waals surface area contributed by atoms with E-state index < -0.39 is 0 Å². The highest BCUT2D eigenvalue weighted by atomic mass is 16.1. The molecule has 100 valence electrons. The first-order chi connectivity index (χ1) is 9.24. The molecule has 1 aromatic heterocycles. The minimum absolute atomic E-state index is 0.0585.